The second-order valence-electron chi connectivity index (χ2n) is 4.28. The highest BCUT2D eigenvalue weighted by atomic mass is 79.9. The number of thiocarbonyl (C=S) groups is 1. The van der Waals surface area contributed by atoms with E-state index >= 15 is 0 Å². The first-order valence-corrected chi connectivity index (χ1v) is 8.00. The zero-order valence-corrected chi connectivity index (χ0v) is 14.8. The summed E-state index contributed by atoms with van der Waals surface area (Å²) in [4.78, 5) is 23.3. The van der Waals surface area contributed by atoms with Gasteiger partial charge >= 0.3 is 0 Å². The molecule has 0 bridgehead atoms. The third kappa shape index (κ3) is 5.98. The van der Waals surface area contributed by atoms with Crippen LogP contribution in [0.1, 0.15) is 37.0 Å². The first-order valence-electron chi connectivity index (χ1n) is 6.80. The minimum Gasteiger partial charge on any atom is -0.493 e. The van der Waals surface area contributed by atoms with Gasteiger partial charge in [-0.05, 0) is 59.7 Å². The summed E-state index contributed by atoms with van der Waals surface area (Å²) in [5.41, 5.74) is 5.30. The maximum Gasteiger partial charge on any atom is 0.257 e. The molecule has 1 rings (SSSR count). The fraction of sp³-hybridized carbons (Fsp3) is 0.357. The average molecular weight is 388 g/mol. The quantitative estimate of drug-likeness (QED) is 0.533. The number of hydrogen-bond acceptors (Lipinski definition) is 4. The van der Waals surface area contributed by atoms with Gasteiger partial charge in [0.2, 0.25) is 5.91 Å². The smallest absolute Gasteiger partial charge is 0.257 e. The van der Waals surface area contributed by atoms with Crippen LogP contribution in [0.25, 0.3) is 0 Å². The maximum absolute atomic E-state index is 12.0. The molecule has 0 spiro atoms. The molecule has 0 aliphatic rings. The summed E-state index contributed by atoms with van der Waals surface area (Å²) in [7, 11) is 0. The van der Waals surface area contributed by atoms with E-state index in [0.29, 0.717) is 28.8 Å². The SMILES string of the molecule is CCCC(=O)NNC(=S)NC(=O)c1ccc(OCC)c(Br)c1. The van der Waals surface area contributed by atoms with E-state index in [1.807, 2.05) is 13.8 Å². The van der Waals surface area contributed by atoms with Crippen LogP contribution in [0.5, 0.6) is 5.75 Å². The van der Waals surface area contributed by atoms with E-state index in [1.54, 1.807) is 18.2 Å². The average Bonchev–Trinajstić information content (AvgIpc) is 2.47. The molecule has 0 atom stereocenters. The molecule has 120 valence electrons. The molecule has 0 fully saturated rings. The number of hydrazine groups is 1. The normalized spacial score (nSPS) is 9.77. The molecule has 0 saturated heterocycles. The highest BCUT2D eigenvalue weighted by molar-refractivity contribution is 9.10. The maximum atomic E-state index is 12.0. The number of amides is 2. The van der Waals surface area contributed by atoms with Crippen molar-refractivity contribution in [2.75, 3.05) is 6.61 Å². The van der Waals surface area contributed by atoms with Crippen LogP contribution in [0.4, 0.5) is 0 Å². The molecule has 0 aliphatic carbocycles. The monoisotopic (exact) mass is 387 g/mol. The number of ether oxygens (including phenoxy) is 1. The van der Waals surface area contributed by atoms with Crippen molar-refractivity contribution in [1.29, 1.82) is 0 Å². The lowest BCUT2D eigenvalue weighted by atomic mass is 10.2. The number of carbonyl (C=O) groups excluding carboxylic acids is 2. The van der Waals surface area contributed by atoms with Crippen molar-refractivity contribution in [3.05, 3.63) is 28.2 Å². The Balaban J connectivity index is 2.56. The van der Waals surface area contributed by atoms with Crippen LogP contribution in [0.2, 0.25) is 0 Å². The van der Waals surface area contributed by atoms with Crippen molar-refractivity contribution in [2.24, 2.45) is 0 Å². The van der Waals surface area contributed by atoms with Crippen LogP contribution in [0.15, 0.2) is 22.7 Å². The summed E-state index contributed by atoms with van der Waals surface area (Å²) in [6.45, 7) is 4.31. The largest absolute Gasteiger partial charge is 0.493 e. The Hall–Kier alpha value is -1.67. The van der Waals surface area contributed by atoms with Crippen LogP contribution in [-0.4, -0.2) is 23.5 Å². The molecule has 1 aromatic carbocycles. The van der Waals surface area contributed by atoms with Gasteiger partial charge in [0, 0.05) is 12.0 Å². The topological polar surface area (TPSA) is 79.5 Å². The standard InChI is InChI=1S/C14H18BrN3O3S/c1-3-5-12(19)17-18-14(22)16-13(20)9-6-7-11(21-4-2)10(15)8-9/h6-8H,3-5H2,1-2H3,(H,17,19)(H2,16,18,20,22). The van der Waals surface area contributed by atoms with Crippen molar-refractivity contribution in [3.8, 4) is 5.75 Å². The summed E-state index contributed by atoms with van der Waals surface area (Å²) < 4.78 is 6.05. The minimum absolute atomic E-state index is 0.0273. The first-order chi connectivity index (χ1) is 10.5. The van der Waals surface area contributed by atoms with Gasteiger partial charge in [-0.15, -0.1) is 0 Å². The minimum atomic E-state index is -0.383. The van der Waals surface area contributed by atoms with Crippen molar-refractivity contribution < 1.29 is 14.3 Å². The van der Waals surface area contributed by atoms with E-state index in [2.05, 4.69) is 32.1 Å². The Morgan fingerprint density at radius 3 is 2.59 bits per heavy atom. The zero-order valence-electron chi connectivity index (χ0n) is 12.4. The van der Waals surface area contributed by atoms with Gasteiger partial charge in [0.1, 0.15) is 5.75 Å². The van der Waals surface area contributed by atoms with E-state index in [0.717, 1.165) is 6.42 Å². The van der Waals surface area contributed by atoms with Crippen LogP contribution >= 0.6 is 28.1 Å². The molecule has 1 aromatic rings. The fourth-order valence-corrected chi connectivity index (χ4v) is 2.17. The highest BCUT2D eigenvalue weighted by Crippen LogP contribution is 2.25. The predicted molar refractivity (Wildman–Crippen MR) is 91.6 cm³/mol. The molecule has 2 amide bonds. The van der Waals surface area contributed by atoms with Crippen LogP contribution in [0, 0.1) is 0 Å². The Morgan fingerprint density at radius 2 is 2.00 bits per heavy atom. The number of nitrogens with one attached hydrogen (secondary N) is 3. The lowest BCUT2D eigenvalue weighted by Crippen LogP contribution is -2.48. The van der Waals surface area contributed by atoms with E-state index < -0.39 is 0 Å². The van der Waals surface area contributed by atoms with Crippen LogP contribution < -0.4 is 20.9 Å². The summed E-state index contributed by atoms with van der Waals surface area (Å²) in [6, 6.07) is 4.96. The van der Waals surface area contributed by atoms with Crippen molar-refractivity contribution in [3.63, 3.8) is 0 Å². The molecule has 0 radical (unpaired) electrons. The van der Waals surface area contributed by atoms with E-state index in [-0.39, 0.29) is 16.9 Å². The molecule has 0 saturated carbocycles. The van der Waals surface area contributed by atoms with Crippen LogP contribution in [-0.2, 0) is 4.79 Å². The van der Waals surface area contributed by atoms with E-state index in [4.69, 9.17) is 17.0 Å². The second-order valence-corrected chi connectivity index (χ2v) is 5.55. The van der Waals surface area contributed by atoms with E-state index in [1.165, 1.54) is 0 Å². The van der Waals surface area contributed by atoms with Crippen molar-refractivity contribution in [1.82, 2.24) is 16.2 Å². The summed E-state index contributed by atoms with van der Waals surface area (Å²) in [5.74, 6) is 0.0838. The molecule has 22 heavy (non-hydrogen) atoms. The summed E-state index contributed by atoms with van der Waals surface area (Å²) in [5, 5.41) is 2.50. The third-order valence-corrected chi connectivity index (χ3v) is 3.34. The molecule has 3 N–H and O–H groups in total. The molecule has 0 aliphatic heterocycles. The molecule has 0 aromatic heterocycles. The van der Waals surface area contributed by atoms with Gasteiger partial charge < -0.3 is 4.74 Å². The van der Waals surface area contributed by atoms with Crippen molar-refractivity contribution in [2.45, 2.75) is 26.7 Å². The summed E-state index contributed by atoms with van der Waals surface area (Å²) in [6.07, 6.45) is 1.11. The van der Waals surface area contributed by atoms with Gasteiger partial charge in [-0.1, -0.05) is 6.92 Å². The number of carbonyl (C=O) groups is 2. The Kier molecular flexibility index (Phi) is 7.83. The number of benzene rings is 1. The van der Waals surface area contributed by atoms with Gasteiger partial charge in [-0.25, -0.2) is 0 Å². The molecule has 6 nitrogen and oxygen atoms in total. The van der Waals surface area contributed by atoms with Gasteiger partial charge in [0.05, 0.1) is 11.1 Å². The number of halogens is 1. The van der Waals surface area contributed by atoms with Gasteiger partial charge in [-0.2, -0.15) is 0 Å². The molecule has 0 heterocycles. The lowest BCUT2D eigenvalue weighted by Gasteiger charge is -2.11. The summed E-state index contributed by atoms with van der Waals surface area (Å²) >= 11 is 8.28. The van der Waals surface area contributed by atoms with E-state index in [9.17, 15) is 9.59 Å². The molecular weight excluding hydrogens is 370 g/mol. The predicted octanol–water partition coefficient (Wildman–Crippen LogP) is 2.28. The third-order valence-electron chi connectivity index (χ3n) is 2.51. The van der Waals surface area contributed by atoms with Crippen molar-refractivity contribution >= 4 is 45.1 Å². The molecular formula is C14H18BrN3O3S. The Morgan fingerprint density at radius 1 is 1.27 bits per heavy atom. The number of hydrogen-bond donors (Lipinski definition) is 3. The Labute approximate surface area is 143 Å². The highest BCUT2D eigenvalue weighted by Gasteiger charge is 2.11. The molecule has 8 heteroatoms. The second kappa shape index (κ2) is 9.37. The molecule has 0 unspecified atom stereocenters. The van der Waals surface area contributed by atoms with Gasteiger partial charge in [0.15, 0.2) is 5.11 Å². The lowest BCUT2D eigenvalue weighted by molar-refractivity contribution is -0.121. The van der Waals surface area contributed by atoms with Gasteiger partial charge in [-0.3, -0.25) is 25.8 Å². The zero-order chi connectivity index (χ0) is 16.5. The van der Waals surface area contributed by atoms with Crippen LogP contribution in [0.3, 0.4) is 0 Å². The van der Waals surface area contributed by atoms with Gasteiger partial charge in [0.25, 0.3) is 5.91 Å². The fourth-order valence-electron chi connectivity index (χ4n) is 1.54. The Bertz CT molecular complexity index is 566. The first kappa shape index (κ1) is 18.4. The number of rotatable bonds is 5.